The molecule has 0 saturated heterocycles. The van der Waals surface area contributed by atoms with E-state index in [1.165, 1.54) is 5.01 Å². The van der Waals surface area contributed by atoms with Crippen LogP contribution in [0.15, 0.2) is 41.5 Å². The van der Waals surface area contributed by atoms with Crippen molar-refractivity contribution >= 4 is 23.3 Å². The van der Waals surface area contributed by atoms with Crippen LogP contribution in [-0.4, -0.2) is 43.4 Å². The van der Waals surface area contributed by atoms with Gasteiger partial charge < -0.3 is 20.5 Å². The molecule has 0 atom stereocenters. The van der Waals surface area contributed by atoms with Gasteiger partial charge in [0, 0.05) is 12.1 Å². The summed E-state index contributed by atoms with van der Waals surface area (Å²) >= 11 is 0. The van der Waals surface area contributed by atoms with E-state index in [4.69, 9.17) is 15.2 Å². The molecule has 1 heterocycles. The van der Waals surface area contributed by atoms with Gasteiger partial charge in [-0.15, -0.1) is 0 Å². The van der Waals surface area contributed by atoms with Gasteiger partial charge in [-0.2, -0.15) is 5.10 Å². The van der Waals surface area contributed by atoms with E-state index in [9.17, 15) is 9.59 Å². The number of aryl methyl sites for hydroxylation is 1. The van der Waals surface area contributed by atoms with Gasteiger partial charge in [0.25, 0.3) is 5.91 Å². The Balaban J connectivity index is 1.93. The fourth-order valence-corrected chi connectivity index (χ4v) is 3.38. The number of hydrogen-bond acceptors (Lipinski definition) is 5. The van der Waals surface area contributed by atoms with Gasteiger partial charge in [0.2, 0.25) is 0 Å². The normalized spacial score (nSPS) is 13.4. The molecule has 158 valence electrons. The van der Waals surface area contributed by atoms with Gasteiger partial charge in [0.05, 0.1) is 31.2 Å². The quantitative estimate of drug-likeness (QED) is 0.761. The topological polar surface area (TPSA) is 106 Å². The Morgan fingerprint density at radius 3 is 2.57 bits per heavy atom. The summed E-state index contributed by atoms with van der Waals surface area (Å²) in [5, 5.41) is 8.57. The average molecular weight is 410 g/mol. The molecule has 0 bridgehead atoms. The van der Waals surface area contributed by atoms with Crippen LogP contribution < -0.4 is 20.5 Å². The number of nitrogens with zero attached hydrogens (tertiary/aromatic N) is 2. The fourth-order valence-electron chi connectivity index (χ4n) is 3.38. The van der Waals surface area contributed by atoms with Crippen molar-refractivity contribution in [2.24, 2.45) is 10.8 Å². The first kappa shape index (κ1) is 21.2. The summed E-state index contributed by atoms with van der Waals surface area (Å²) in [6, 6.07) is 10.2. The lowest BCUT2D eigenvalue weighted by Crippen LogP contribution is -2.33. The van der Waals surface area contributed by atoms with Crippen LogP contribution in [0.4, 0.5) is 10.5 Å². The maximum atomic E-state index is 13.2. The lowest BCUT2D eigenvalue weighted by atomic mass is 10.0. The highest BCUT2D eigenvalue weighted by atomic mass is 16.5. The van der Waals surface area contributed by atoms with E-state index in [2.05, 4.69) is 10.4 Å². The number of primary amides is 1. The molecule has 2 aromatic rings. The molecule has 0 aromatic heterocycles. The molecular weight excluding hydrogens is 384 g/mol. The molecule has 3 N–H and O–H groups in total. The van der Waals surface area contributed by atoms with Gasteiger partial charge in [-0.3, -0.25) is 4.79 Å². The van der Waals surface area contributed by atoms with Crippen molar-refractivity contribution < 1.29 is 19.1 Å². The highest BCUT2D eigenvalue weighted by Crippen LogP contribution is 2.29. The predicted molar refractivity (Wildman–Crippen MR) is 115 cm³/mol. The van der Waals surface area contributed by atoms with Gasteiger partial charge in [0.1, 0.15) is 0 Å². The van der Waals surface area contributed by atoms with E-state index in [0.717, 1.165) is 36.1 Å². The SMILES string of the molecule is CCc1ccc(C(=O)N2CCCC(c3ccc(OC)c(OC)c3)=N2)c(NC(N)=O)c1. The first-order valence-corrected chi connectivity index (χ1v) is 9.78. The first-order valence-electron chi connectivity index (χ1n) is 9.78. The number of ether oxygens (including phenoxy) is 2. The number of nitrogens with one attached hydrogen (secondary N) is 1. The van der Waals surface area contributed by atoms with E-state index in [0.29, 0.717) is 29.3 Å². The third-order valence-corrected chi connectivity index (χ3v) is 4.96. The molecule has 0 aliphatic carbocycles. The third-order valence-electron chi connectivity index (χ3n) is 4.96. The van der Waals surface area contributed by atoms with Crippen molar-refractivity contribution in [3.05, 3.63) is 53.1 Å². The number of methoxy groups -OCH3 is 2. The average Bonchev–Trinajstić information content (AvgIpc) is 2.77. The van der Waals surface area contributed by atoms with Crippen molar-refractivity contribution in [1.29, 1.82) is 0 Å². The number of urea groups is 1. The van der Waals surface area contributed by atoms with Gasteiger partial charge in [-0.25, -0.2) is 9.80 Å². The number of carbonyl (C=O) groups is 2. The Labute approximate surface area is 175 Å². The second-order valence-electron chi connectivity index (χ2n) is 6.87. The molecule has 2 aromatic carbocycles. The van der Waals surface area contributed by atoms with Gasteiger partial charge in [-0.1, -0.05) is 13.0 Å². The van der Waals surface area contributed by atoms with Crippen LogP contribution in [-0.2, 0) is 6.42 Å². The molecule has 0 radical (unpaired) electrons. The highest BCUT2D eigenvalue weighted by molar-refractivity contribution is 6.06. The van der Waals surface area contributed by atoms with Gasteiger partial charge in [-0.05, 0) is 55.2 Å². The summed E-state index contributed by atoms with van der Waals surface area (Å²) in [7, 11) is 3.16. The van der Waals surface area contributed by atoms with Crippen LogP contribution >= 0.6 is 0 Å². The number of rotatable bonds is 6. The largest absolute Gasteiger partial charge is 0.493 e. The van der Waals surface area contributed by atoms with Crippen LogP contribution in [0.2, 0.25) is 0 Å². The second-order valence-corrected chi connectivity index (χ2v) is 6.87. The number of hydrogen-bond donors (Lipinski definition) is 2. The minimum absolute atomic E-state index is 0.293. The molecule has 8 heteroatoms. The van der Waals surface area contributed by atoms with Crippen molar-refractivity contribution in [3.8, 4) is 11.5 Å². The van der Waals surface area contributed by atoms with Crippen molar-refractivity contribution in [3.63, 3.8) is 0 Å². The van der Waals surface area contributed by atoms with Gasteiger partial charge >= 0.3 is 6.03 Å². The zero-order chi connectivity index (χ0) is 21.7. The van der Waals surface area contributed by atoms with Crippen LogP contribution in [0.1, 0.15) is 41.3 Å². The smallest absolute Gasteiger partial charge is 0.316 e. The lowest BCUT2D eigenvalue weighted by Gasteiger charge is -2.25. The molecule has 0 unspecified atom stereocenters. The summed E-state index contributed by atoms with van der Waals surface area (Å²) in [6.07, 6.45) is 2.28. The minimum Gasteiger partial charge on any atom is -0.493 e. The van der Waals surface area contributed by atoms with E-state index in [1.807, 2.05) is 31.2 Å². The van der Waals surface area contributed by atoms with E-state index < -0.39 is 6.03 Å². The Hall–Kier alpha value is -3.55. The molecule has 1 aliphatic rings. The molecule has 30 heavy (non-hydrogen) atoms. The maximum Gasteiger partial charge on any atom is 0.316 e. The highest BCUT2D eigenvalue weighted by Gasteiger charge is 2.24. The fraction of sp³-hybridized carbons (Fsp3) is 0.318. The van der Waals surface area contributed by atoms with Crippen molar-refractivity contribution in [2.75, 3.05) is 26.1 Å². The summed E-state index contributed by atoms with van der Waals surface area (Å²) in [4.78, 5) is 24.6. The number of benzene rings is 2. The van der Waals surface area contributed by atoms with Crippen molar-refractivity contribution in [1.82, 2.24) is 5.01 Å². The maximum absolute atomic E-state index is 13.2. The standard InChI is InChI=1S/C22H26N4O4/c1-4-14-7-9-16(18(12-14)24-22(23)28)21(27)26-11-5-6-17(25-26)15-8-10-19(29-2)20(13-15)30-3/h7-10,12-13H,4-6,11H2,1-3H3,(H3,23,24,28). The third kappa shape index (κ3) is 4.53. The molecule has 0 spiro atoms. The molecule has 3 rings (SSSR count). The van der Waals surface area contributed by atoms with Crippen molar-refractivity contribution in [2.45, 2.75) is 26.2 Å². The first-order chi connectivity index (χ1) is 14.5. The number of hydrazone groups is 1. The minimum atomic E-state index is -0.717. The second kappa shape index (κ2) is 9.30. The Morgan fingerprint density at radius 2 is 1.90 bits per heavy atom. The molecule has 3 amide bonds. The lowest BCUT2D eigenvalue weighted by molar-refractivity contribution is 0.0752. The Morgan fingerprint density at radius 1 is 1.13 bits per heavy atom. The molecule has 8 nitrogen and oxygen atoms in total. The molecule has 0 fully saturated rings. The van der Waals surface area contributed by atoms with Crippen LogP contribution in [0.25, 0.3) is 0 Å². The zero-order valence-electron chi connectivity index (χ0n) is 17.4. The van der Waals surface area contributed by atoms with Crippen LogP contribution in [0, 0.1) is 0 Å². The number of nitrogens with two attached hydrogens (primary N) is 1. The Bertz CT molecular complexity index is 987. The van der Waals surface area contributed by atoms with Gasteiger partial charge in [0.15, 0.2) is 11.5 Å². The Kier molecular flexibility index (Phi) is 6.56. The van der Waals surface area contributed by atoms with Crippen LogP contribution in [0.5, 0.6) is 11.5 Å². The molecule has 0 saturated carbocycles. The number of amides is 3. The van der Waals surface area contributed by atoms with E-state index >= 15 is 0 Å². The summed E-state index contributed by atoms with van der Waals surface area (Å²) in [5.41, 5.74) is 8.66. The van der Waals surface area contributed by atoms with E-state index in [-0.39, 0.29) is 5.91 Å². The zero-order valence-corrected chi connectivity index (χ0v) is 17.4. The van der Waals surface area contributed by atoms with E-state index in [1.54, 1.807) is 26.4 Å². The monoisotopic (exact) mass is 410 g/mol. The molecule has 1 aliphatic heterocycles. The van der Waals surface area contributed by atoms with Crippen LogP contribution in [0.3, 0.4) is 0 Å². The number of carbonyl (C=O) groups excluding carboxylic acids is 2. The predicted octanol–water partition coefficient (Wildman–Crippen LogP) is 3.40. The summed E-state index contributed by atoms with van der Waals surface area (Å²) in [6.45, 7) is 2.48. The summed E-state index contributed by atoms with van der Waals surface area (Å²) in [5.74, 6) is 0.937. The number of anilines is 1. The molecular formula is C22H26N4O4. The summed E-state index contributed by atoms with van der Waals surface area (Å²) < 4.78 is 10.7.